The van der Waals surface area contributed by atoms with Gasteiger partial charge in [0.05, 0.1) is 12.8 Å². The highest BCUT2D eigenvalue weighted by atomic mass is 19.1. The van der Waals surface area contributed by atoms with Crippen LogP contribution in [0.1, 0.15) is 25.3 Å². The van der Waals surface area contributed by atoms with Crippen LogP contribution >= 0.6 is 0 Å². The van der Waals surface area contributed by atoms with Crippen LogP contribution in [0.3, 0.4) is 0 Å². The van der Waals surface area contributed by atoms with Gasteiger partial charge in [0, 0.05) is 25.9 Å². The average molecular weight is 226 g/mol. The van der Waals surface area contributed by atoms with E-state index < -0.39 is 0 Å². The molecule has 0 atom stereocenters. The highest BCUT2D eigenvalue weighted by molar-refractivity contribution is 5.09. The number of hydrogen-bond acceptors (Lipinski definition) is 3. The van der Waals surface area contributed by atoms with E-state index in [1.54, 1.807) is 6.20 Å². The van der Waals surface area contributed by atoms with Gasteiger partial charge in [-0.2, -0.15) is 0 Å². The smallest absolute Gasteiger partial charge is 0.141 e. The van der Waals surface area contributed by atoms with Crippen molar-refractivity contribution < 1.29 is 9.13 Å². The van der Waals surface area contributed by atoms with Crippen molar-refractivity contribution in [2.75, 3.05) is 19.8 Å². The molecule has 3 nitrogen and oxygen atoms in total. The highest BCUT2D eigenvalue weighted by Gasteiger charge is 1.95. The van der Waals surface area contributed by atoms with Gasteiger partial charge in [-0.05, 0) is 18.1 Å². The molecule has 0 bridgehead atoms. The Balaban J connectivity index is 2.03. The second-order valence-electron chi connectivity index (χ2n) is 3.65. The first-order chi connectivity index (χ1) is 7.83. The Labute approximate surface area is 96.0 Å². The molecule has 1 aromatic rings. The molecule has 0 spiro atoms. The lowest BCUT2D eigenvalue weighted by Gasteiger charge is -2.05. The molecule has 0 aromatic carbocycles. The normalized spacial score (nSPS) is 10.6. The SMILES string of the molecule is CCCCOCCNCc1cncc(F)c1. The molecule has 16 heavy (non-hydrogen) atoms. The Morgan fingerprint density at radius 1 is 1.38 bits per heavy atom. The first kappa shape index (κ1) is 13.1. The van der Waals surface area contributed by atoms with Crippen LogP contribution in [-0.4, -0.2) is 24.7 Å². The summed E-state index contributed by atoms with van der Waals surface area (Å²) in [4.78, 5) is 3.78. The Kier molecular flexibility index (Phi) is 6.69. The second-order valence-corrected chi connectivity index (χ2v) is 3.65. The molecule has 90 valence electrons. The summed E-state index contributed by atoms with van der Waals surface area (Å²) in [5.41, 5.74) is 0.855. The summed E-state index contributed by atoms with van der Waals surface area (Å²) in [6.07, 6.45) is 5.13. The quantitative estimate of drug-likeness (QED) is 0.689. The Morgan fingerprint density at radius 2 is 2.25 bits per heavy atom. The zero-order valence-electron chi connectivity index (χ0n) is 9.71. The van der Waals surface area contributed by atoms with Gasteiger partial charge in [0.25, 0.3) is 0 Å². The molecule has 1 rings (SSSR count). The fourth-order valence-corrected chi connectivity index (χ4v) is 1.28. The van der Waals surface area contributed by atoms with Crippen molar-refractivity contribution in [3.05, 3.63) is 29.8 Å². The number of nitrogens with one attached hydrogen (secondary N) is 1. The molecule has 0 saturated heterocycles. The predicted octanol–water partition coefficient (Wildman–Crippen LogP) is 2.13. The molecule has 0 aliphatic carbocycles. The lowest BCUT2D eigenvalue weighted by molar-refractivity contribution is 0.133. The topological polar surface area (TPSA) is 34.1 Å². The second kappa shape index (κ2) is 8.19. The molecule has 0 aliphatic rings. The number of unbranched alkanes of at least 4 members (excludes halogenated alkanes) is 1. The first-order valence-electron chi connectivity index (χ1n) is 5.71. The van der Waals surface area contributed by atoms with E-state index in [0.29, 0.717) is 13.2 Å². The highest BCUT2D eigenvalue weighted by Crippen LogP contribution is 1.99. The molecule has 1 N–H and O–H groups in total. The van der Waals surface area contributed by atoms with E-state index in [2.05, 4.69) is 17.2 Å². The van der Waals surface area contributed by atoms with Crippen LogP contribution in [0.4, 0.5) is 4.39 Å². The molecule has 0 unspecified atom stereocenters. The van der Waals surface area contributed by atoms with Crippen molar-refractivity contribution in [1.29, 1.82) is 0 Å². The van der Waals surface area contributed by atoms with Crippen LogP contribution in [0.15, 0.2) is 18.5 Å². The minimum Gasteiger partial charge on any atom is -0.380 e. The first-order valence-corrected chi connectivity index (χ1v) is 5.71. The monoisotopic (exact) mass is 226 g/mol. The van der Waals surface area contributed by atoms with Crippen molar-refractivity contribution in [2.24, 2.45) is 0 Å². The van der Waals surface area contributed by atoms with Gasteiger partial charge in [0.2, 0.25) is 0 Å². The molecule has 1 aromatic heterocycles. The summed E-state index contributed by atoms with van der Waals surface area (Å²) in [5.74, 6) is -0.293. The van der Waals surface area contributed by atoms with Crippen molar-refractivity contribution in [1.82, 2.24) is 10.3 Å². The molecule has 0 radical (unpaired) electrons. The maximum absolute atomic E-state index is 12.8. The molecule has 0 saturated carbocycles. The number of ether oxygens (including phenoxy) is 1. The Morgan fingerprint density at radius 3 is 3.00 bits per heavy atom. The van der Waals surface area contributed by atoms with E-state index in [9.17, 15) is 4.39 Å². The fourth-order valence-electron chi connectivity index (χ4n) is 1.28. The van der Waals surface area contributed by atoms with E-state index >= 15 is 0 Å². The van der Waals surface area contributed by atoms with Gasteiger partial charge in [0.1, 0.15) is 5.82 Å². The van der Waals surface area contributed by atoms with E-state index in [1.165, 1.54) is 12.3 Å². The van der Waals surface area contributed by atoms with Crippen LogP contribution in [0.5, 0.6) is 0 Å². The van der Waals surface area contributed by atoms with E-state index in [4.69, 9.17) is 4.74 Å². The standard InChI is InChI=1S/C12H19FN2O/c1-2-3-5-16-6-4-14-8-11-7-12(13)10-15-9-11/h7,9-10,14H,2-6,8H2,1H3. The zero-order valence-corrected chi connectivity index (χ0v) is 9.71. The lowest BCUT2D eigenvalue weighted by atomic mass is 10.3. The van der Waals surface area contributed by atoms with Crippen molar-refractivity contribution in [3.63, 3.8) is 0 Å². The molecule has 4 heteroatoms. The Bertz CT molecular complexity index is 294. The lowest BCUT2D eigenvalue weighted by Crippen LogP contribution is -2.19. The van der Waals surface area contributed by atoms with Gasteiger partial charge in [-0.1, -0.05) is 13.3 Å². The van der Waals surface area contributed by atoms with Gasteiger partial charge in [-0.15, -0.1) is 0 Å². The zero-order chi connectivity index (χ0) is 11.6. The molecule has 0 fully saturated rings. The summed E-state index contributed by atoms with van der Waals surface area (Å²) < 4.78 is 18.2. The fraction of sp³-hybridized carbons (Fsp3) is 0.583. The minimum atomic E-state index is -0.293. The van der Waals surface area contributed by atoms with Gasteiger partial charge < -0.3 is 10.1 Å². The van der Waals surface area contributed by atoms with Crippen molar-refractivity contribution >= 4 is 0 Å². The van der Waals surface area contributed by atoms with Crippen molar-refractivity contribution in [2.45, 2.75) is 26.3 Å². The van der Waals surface area contributed by atoms with E-state index in [0.717, 1.165) is 31.6 Å². The largest absolute Gasteiger partial charge is 0.380 e. The Hall–Kier alpha value is -1.00. The number of pyridine rings is 1. The van der Waals surface area contributed by atoms with Crippen LogP contribution in [0.25, 0.3) is 0 Å². The summed E-state index contributed by atoms with van der Waals surface area (Å²) in [6, 6.07) is 1.48. The summed E-state index contributed by atoms with van der Waals surface area (Å²) in [7, 11) is 0. The van der Waals surface area contributed by atoms with Gasteiger partial charge >= 0.3 is 0 Å². The van der Waals surface area contributed by atoms with Crippen LogP contribution in [-0.2, 0) is 11.3 Å². The van der Waals surface area contributed by atoms with Crippen LogP contribution < -0.4 is 5.32 Å². The number of halogens is 1. The summed E-state index contributed by atoms with van der Waals surface area (Å²) in [5, 5.41) is 3.17. The van der Waals surface area contributed by atoms with Crippen LogP contribution in [0, 0.1) is 5.82 Å². The molecule has 0 amide bonds. The van der Waals surface area contributed by atoms with Gasteiger partial charge in [-0.3, -0.25) is 4.98 Å². The molecular weight excluding hydrogens is 207 g/mol. The predicted molar refractivity (Wildman–Crippen MR) is 61.6 cm³/mol. The maximum atomic E-state index is 12.8. The summed E-state index contributed by atoms with van der Waals surface area (Å²) in [6.45, 7) is 5.06. The third kappa shape index (κ3) is 5.78. The molecular formula is C12H19FN2O. The number of rotatable bonds is 8. The third-order valence-electron chi connectivity index (χ3n) is 2.16. The van der Waals surface area contributed by atoms with Gasteiger partial charge in [0.15, 0.2) is 0 Å². The summed E-state index contributed by atoms with van der Waals surface area (Å²) >= 11 is 0. The van der Waals surface area contributed by atoms with Gasteiger partial charge in [-0.25, -0.2) is 4.39 Å². The van der Waals surface area contributed by atoms with Crippen LogP contribution in [0.2, 0.25) is 0 Å². The number of hydrogen-bond donors (Lipinski definition) is 1. The average Bonchev–Trinajstić information content (AvgIpc) is 2.28. The minimum absolute atomic E-state index is 0.293. The van der Waals surface area contributed by atoms with E-state index in [1.807, 2.05) is 0 Å². The van der Waals surface area contributed by atoms with Crippen molar-refractivity contribution in [3.8, 4) is 0 Å². The van der Waals surface area contributed by atoms with E-state index in [-0.39, 0.29) is 5.82 Å². The molecule has 1 heterocycles. The third-order valence-corrected chi connectivity index (χ3v) is 2.16. The number of nitrogens with zero attached hydrogens (tertiary/aromatic N) is 1. The number of aromatic nitrogens is 1. The molecule has 0 aliphatic heterocycles. The maximum Gasteiger partial charge on any atom is 0.141 e.